The summed E-state index contributed by atoms with van der Waals surface area (Å²) in [7, 11) is 0. The molecule has 1 aliphatic carbocycles. The topological polar surface area (TPSA) is 29.1 Å². The van der Waals surface area contributed by atoms with Crippen molar-refractivity contribution in [2.45, 2.75) is 19.3 Å². The molecular formula is C13H14ClNO. The molecule has 0 unspecified atom stereocenters. The molecule has 0 aromatic heterocycles. The molecule has 1 aromatic carbocycles. The van der Waals surface area contributed by atoms with E-state index in [1.807, 2.05) is 18.2 Å². The highest BCUT2D eigenvalue weighted by Crippen LogP contribution is 2.48. The number of rotatable bonds is 0. The van der Waals surface area contributed by atoms with Crippen molar-refractivity contribution in [3.05, 3.63) is 34.3 Å². The lowest BCUT2D eigenvalue weighted by Crippen LogP contribution is -2.33. The van der Waals surface area contributed by atoms with Gasteiger partial charge in [0.15, 0.2) is 5.78 Å². The standard InChI is InChI=1S/C13H14ClNO/c1-13-5-11(16)12-8(3-2-4-10(12)14)9(13)6-15-7-13/h2-4,9,15H,5-7H2,1H3/t9-,13-/m0/s1. The van der Waals surface area contributed by atoms with E-state index in [2.05, 4.69) is 12.2 Å². The molecule has 0 amide bonds. The summed E-state index contributed by atoms with van der Waals surface area (Å²) in [4.78, 5) is 12.1. The molecule has 3 rings (SSSR count). The number of benzene rings is 1. The minimum Gasteiger partial charge on any atom is -0.316 e. The Hall–Kier alpha value is -0.860. The van der Waals surface area contributed by atoms with Crippen LogP contribution in [-0.4, -0.2) is 18.9 Å². The fourth-order valence-electron chi connectivity index (χ4n) is 3.12. The largest absolute Gasteiger partial charge is 0.316 e. The van der Waals surface area contributed by atoms with Crippen LogP contribution in [0.4, 0.5) is 0 Å². The predicted molar refractivity (Wildman–Crippen MR) is 64.1 cm³/mol. The predicted octanol–water partition coefficient (Wildman–Crippen LogP) is 2.62. The Morgan fingerprint density at radius 2 is 2.31 bits per heavy atom. The Kier molecular flexibility index (Phi) is 2.13. The lowest BCUT2D eigenvalue weighted by Gasteiger charge is -2.36. The first-order valence-electron chi connectivity index (χ1n) is 5.64. The van der Waals surface area contributed by atoms with Crippen molar-refractivity contribution in [1.29, 1.82) is 0 Å². The number of carbonyl (C=O) groups excluding carboxylic acids is 1. The van der Waals surface area contributed by atoms with Crippen LogP contribution in [0.5, 0.6) is 0 Å². The van der Waals surface area contributed by atoms with E-state index in [0.29, 0.717) is 17.4 Å². The molecule has 0 radical (unpaired) electrons. The van der Waals surface area contributed by atoms with E-state index in [1.54, 1.807) is 0 Å². The maximum absolute atomic E-state index is 12.1. The first-order valence-corrected chi connectivity index (χ1v) is 6.02. The van der Waals surface area contributed by atoms with Gasteiger partial charge in [-0.2, -0.15) is 0 Å². The number of ketones is 1. The van der Waals surface area contributed by atoms with Crippen LogP contribution < -0.4 is 5.32 Å². The molecule has 2 nitrogen and oxygen atoms in total. The lowest BCUT2D eigenvalue weighted by atomic mass is 9.66. The first-order chi connectivity index (χ1) is 7.62. The quantitative estimate of drug-likeness (QED) is 0.749. The number of nitrogens with one attached hydrogen (secondary N) is 1. The van der Waals surface area contributed by atoms with Crippen molar-refractivity contribution >= 4 is 17.4 Å². The molecule has 1 N–H and O–H groups in total. The second-order valence-corrected chi connectivity index (χ2v) is 5.55. The van der Waals surface area contributed by atoms with Gasteiger partial charge in [0.25, 0.3) is 0 Å². The van der Waals surface area contributed by atoms with E-state index < -0.39 is 0 Å². The fraction of sp³-hybridized carbons (Fsp3) is 0.462. The molecule has 0 bridgehead atoms. The van der Waals surface area contributed by atoms with E-state index in [9.17, 15) is 4.79 Å². The van der Waals surface area contributed by atoms with Gasteiger partial charge in [0.05, 0.1) is 5.02 Å². The van der Waals surface area contributed by atoms with Gasteiger partial charge in [-0.05, 0) is 17.0 Å². The van der Waals surface area contributed by atoms with Crippen LogP contribution in [0.1, 0.15) is 35.2 Å². The second-order valence-electron chi connectivity index (χ2n) is 5.14. The monoisotopic (exact) mass is 235 g/mol. The molecule has 0 spiro atoms. The molecule has 0 saturated carbocycles. The SMILES string of the molecule is C[C@]12CNC[C@H]1c1cccc(Cl)c1C(=O)C2. The summed E-state index contributed by atoms with van der Waals surface area (Å²) in [6.45, 7) is 4.08. The maximum Gasteiger partial charge on any atom is 0.165 e. The van der Waals surface area contributed by atoms with E-state index >= 15 is 0 Å². The molecule has 16 heavy (non-hydrogen) atoms. The van der Waals surface area contributed by atoms with Crippen molar-refractivity contribution in [3.63, 3.8) is 0 Å². The van der Waals surface area contributed by atoms with E-state index in [-0.39, 0.29) is 11.2 Å². The minimum absolute atomic E-state index is 0.0781. The molecule has 3 heteroatoms. The Morgan fingerprint density at radius 3 is 3.12 bits per heavy atom. The van der Waals surface area contributed by atoms with Crippen molar-refractivity contribution in [2.24, 2.45) is 5.41 Å². The molecule has 1 aliphatic heterocycles. The van der Waals surface area contributed by atoms with Crippen molar-refractivity contribution in [2.75, 3.05) is 13.1 Å². The van der Waals surface area contributed by atoms with E-state index in [4.69, 9.17) is 11.6 Å². The summed E-state index contributed by atoms with van der Waals surface area (Å²) < 4.78 is 0. The van der Waals surface area contributed by atoms with Crippen LogP contribution in [-0.2, 0) is 0 Å². The first kappa shape index (κ1) is 10.3. The van der Waals surface area contributed by atoms with Gasteiger partial charge >= 0.3 is 0 Å². The number of carbonyl (C=O) groups is 1. The zero-order valence-electron chi connectivity index (χ0n) is 9.22. The number of hydrogen-bond acceptors (Lipinski definition) is 2. The van der Waals surface area contributed by atoms with Gasteiger partial charge in [0, 0.05) is 31.0 Å². The highest BCUT2D eigenvalue weighted by atomic mass is 35.5. The molecule has 1 aromatic rings. The van der Waals surface area contributed by atoms with E-state index in [1.165, 1.54) is 0 Å². The van der Waals surface area contributed by atoms with Crippen LogP contribution in [0.15, 0.2) is 18.2 Å². The van der Waals surface area contributed by atoms with Crippen LogP contribution >= 0.6 is 11.6 Å². The fourth-order valence-corrected chi connectivity index (χ4v) is 3.41. The minimum atomic E-state index is 0.0781. The summed E-state index contributed by atoms with van der Waals surface area (Å²) in [5, 5.41) is 4.00. The molecule has 1 saturated heterocycles. The van der Waals surface area contributed by atoms with E-state index in [0.717, 1.165) is 24.2 Å². The summed E-state index contributed by atoms with van der Waals surface area (Å²) >= 11 is 6.13. The second kappa shape index (κ2) is 3.31. The molecule has 1 fully saturated rings. The Bertz CT molecular complexity index is 471. The zero-order valence-corrected chi connectivity index (χ0v) is 9.97. The highest BCUT2D eigenvalue weighted by Gasteiger charge is 2.46. The third kappa shape index (κ3) is 1.26. The molecule has 2 atom stereocenters. The summed E-state index contributed by atoms with van der Waals surface area (Å²) in [5.74, 6) is 0.627. The Labute approximate surface area is 100.0 Å². The summed E-state index contributed by atoms with van der Waals surface area (Å²) in [5.41, 5.74) is 1.97. The van der Waals surface area contributed by atoms with Gasteiger partial charge in [0.1, 0.15) is 0 Å². The van der Waals surface area contributed by atoms with Crippen molar-refractivity contribution in [1.82, 2.24) is 5.32 Å². The number of Topliss-reactive ketones (excluding diaryl/α,β-unsaturated/α-hetero) is 1. The molecule has 1 heterocycles. The highest BCUT2D eigenvalue weighted by molar-refractivity contribution is 6.34. The van der Waals surface area contributed by atoms with Gasteiger partial charge in [-0.1, -0.05) is 30.7 Å². The molecular weight excluding hydrogens is 222 g/mol. The van der Waals surface area contributed by atoms with Gasteiger partial charge in [-0.15, -0.1) is 0 Å². The molecule has 84 valence electrons. The van der Waals surface area contributed by atoms with Gasteiger partial charge in [-0.25, -0.2) is 0 Å². The molecule has 2 aliphatic rings. The lowest BCUT2D eigenvalue weighted by molar-refractivity contribution is 0.0898. The van der Waals surface area contributed by atoms with Crippen molar-refractivity contribution in [3.8, 4) is 0 Å². The summed E-state index contributed by atoms with van der Waals surface area (Å²) in [6.07, 6.45) is 0.612. The third-order valence-corrected chi connectivity index (χ3v) is 4.30. The number of halogens is 1. The van der Waals surface area contributed by atoms with Crippen LogP contribution in [0, 0.1) is 5.41 Å². The third-order valence-electron chi connectivity index (χ3n) is 3.98. The van der Waals surface area contributed by atoms with Gasteiger partial charge in [-0.3, -0.25) is 4.79 Å². The number of hydrogen-bond donors (Lipinski definition) is 1. The van der Waals surface area contributed by atoms with Gasteiger partial charge < -0.3 is 5.32 Å². The summed E-state index contributed by atoms with van der Waals surface area (Å²) in [6, 6.07) is 5.80. The van der Waals surface area contributed by atoms with Crippen molar-refractivity contribution < 1.29 is 4.79 Å². The Balaban J connectivity index is 2.22. The van der Waals surface area contributed by atoms with Crippen LogP contribution in [0.25, 0.3) is 0 Å². The van der Waals surface area contributed by atoms with Crippen LogP contribution in [0.2, 0.25) is 5.02 Å². The van der Waals surface area contributed by atoms with Crippen LogP contribution in [0.3, 0.4) is 0 Å². The average Bonchev–Trinajstić information content (AvgIpc) is 2.59. The Morgan fingerprint density at radius 1 is 1.50 bits per heavy atom. The van der Waals surface area contributed by atoms with Gasteiger partial charge in [0.2, 0.25) is 0 Å². The maximum atomic E-state index is 12.1. The smallest absolute Gasteiger partial charge is 0.165 e. The number of fused-ring (bicyclic) bond motifs is 3. The zero-order chi connectivity index (χ0) is 11.3. The normalized spacial score (nSPS) is 32.4. The average molecular weight is 236 g/mol.